The molecule has 5 rings (SSSR count). The smallest absolute Gasteiger partial charge is 0.272 e. The van der Waals surface area contributed by atoms with Crippen LogP contribution in [0.2, 0.25) is 0 Å². The molecule has 2 N–H and O–H groups in total. The summed E-state index contributed by atoms with van der Waals surface area (Å²) in [5.74, 6) is 1.06. The van der Waals surface area contributed by atoms with E-state index in [-0.39, 0.29) is 5.91 Å². The zero-order chi connectivity index (χ0) is 22.8. The second kappa shape index (κ2) is 9.13. The van der Waals surface area contributed by atoms with Crippen molar-refractivity contribution in [2.45, 2.75) is 0 Å². The van der Waals surface area contributed by atoms with E-state index < -0.39 is 0 Å². The van der Waals surface area contributed by atoms with Crippen LogP contribution in [0.3, 0.4) is 0 Å². The van der Waals surface area contributed by atoms with Crippen molar-refractivity contribution in [3.05, 3.63) is 53.5 Å². The Morgan fingerprint density at radius 3 is 2.64 bits per heavy atom. The maximum Gasteiger partial charge on any atom is 0.272 e. The van der Waals surface area contributed by atoms with Crippen molar-refractivity contribution in [2.24, 2.45) is 0 Å². The Balaban J connectivity index is 1.30. The van der Waals surface area contributed by atoms with Gasteiger partial charge in [0.2, 0.25) is 0 Å². The first kappa shape index (κ1) is 21.3. The van der Waals surface area contributed by atoms with Gasteiger partial charge in [0.1, 0.15) is 17.2 Å². The fourth-order valence-corrected chi connectivity index (χ4v) is 4.70. The van der Waals surface area contributed by atoms with Gasteiger partial charge < -0.3 is 29.4 Å². The summed E-state index contributed by atoms with van der Waals surface area (Å²) in [5, 5.41) is 6.83. The molecule has 33 heavy (non-hydrogen) atoms. The predicted molar refractivity (Wildman–Crippen MR) is 130 cm³/mol. The number of amides is 1. The molecule has 1 amide bonds. The van der Waals surface area contributed by atoms with E-state index in [1.54, 1.807) is 37.7 Å². The number of carbonyl (C=O) groups is 1. The van der Waals surface area contributed by atoms with Crippen molar-refractivity contribution >= 4 is 39.0 Å². The molecule has 1 saturated heterocycles. The third kappa shape index (κ3) is 4.37. The summed E-state index contributed by atoms with van der Waals surface area (Å²) in [7, 11) is 3.19. The van der Waals surface area contributed by atoms with E-state index in [2.05, 4.69) is 20.6 Å². The molecule has 0 unspecified atom stereocenters. The Kier molecular flexibility index (Phi) is 5.89. The number of morpholine rings is 1. The van der Waals surface area contributed by atoms with Crippen LogP contribution in [-0.2, 0) is 4.74 Å². The fourth-order valence-electron chi connectivity index (χ4n) is 3.81. The molecule has 9 heteroatoms. The highest BCUT2D eigenvalue weighted by atomic mass is 32.1. The summed E-state index contributed by atoms with van der Waals surface area (Å²) in [4.78, 5) is 23.0. The molecule has 2 aromatic heterocycles. The zero-order valence-electron chi connectivity index (χ0n) is 18.4. The van der Waals surface area contributed by atoms with Crippen LogP contribution in [0.4, 0.5) is 10.8 Å². The van der Waals surface area contributed by atoms with Crippen LogP contribution in [-0.4, -0.2) is 56.4 Å². The minimum atomic E-state index is -0.233. The van der Waals surface area contributed by atoms with E-state index in [1.165, 1.54) is 0 Å². The maximum absolute atomic E-state index is 12.8. The Morgan fingerprint density at radius 2 is 1.91 bits per heavy atom. The largest absolute Gasteiger partial charge is 0.497 e. The number of anilines is 2. The third-order valence-electron chi connectivity index (χ3n) is 5.59. The van der Waals surface area contributed by atoms with Gasteiger partial charge in [-0.05, 0) is 18.2 Å². The normalized spacial score (nSPS) is 13.8. The van der Waals surface area contributed by atoms with E-state index in [0.29, 0.717) is 22.9 Å². The molecule has 0 bridgehead atoms. The number of H-pyrrole nitrogens is 1. The number of nitrogens with zero attached hydrogens (tertiary/aromatic N) is 2. The minimum Gasteiger partial charge on any atom is -0.497 e. The highest BCUT2D eigenvalue weighted by Gasteiger charge is 2.16. The van der Waals surface area contributed by atoms with Crippen LogP contribution >= 0.6 is 11.3 Å². The molecule has 3 heterocycles. The first-order valence-electron chi connectivity index (χ1n) is 10.6. The molecule has 4 aromatic rings. The van der Waals surface area contributed by atoms with Crippen molar-refractivity contribution in [2.75, 3.05) is 50.7 Å². The van der Waals surface area contributed by atoms with E-state index >= 15 is 0 Å². The first-order chi connectivity index (χ1) is 16.1. The quantitative estimate of drug-likeness (QED) is 0.440. The van der Waals surface area contributed by atoms with E-state index in [0.717, 1.165) is 53.6 Å². The number of aromatic amines is 1. The van der Waals surface area contributed by atoms with Crippen molar-refractivity contribution in [1.29, 1.82) is 0 Å². The summed E-state index contributed by atoms with van der Waals surface area (Å²) < 4.78 is 16.1. The maximum atomic E-state index is 12.8. The number of nitrogens with one attached hydrogen (secondary N) is 2. The number of carbonyl (C=O) groups excluding carboxylic acids is 1. The average molecular weight is 465 g/mol. The van der Waals surface area contributed by atoms with Crippen molar-refractivity contribution in [3.63, 3.8) is 0 Å². The molecule has 1 aliphatic rings. The number of ether oxygens (including phenoxy) is 3. The summed E-state index contributed by atoms with van der Waals surface area (Å²) in [5.41, 5.74) is 3.85. The molecule has 0 spiro atoms. The lowest BCUT2D eigenvalue weighted by Gasteiger charge is -2.26. The van der Waals surface area contributed by atoms with Crippen molar-refractivity contribution < 1.29 is 19.0 Å². The molecule has 8 nitrogen and oxygen atoms in total. The lowest BCUT2D eigenvalue weighted by atomic mass is 10.1. The standard InChI is InChI=1S/C24H24N4O4S/c1-30-17-11-19-18(22(12-17)31-2)13-20(26-19)23(29)25-16-5-3-15(4-6-16)21-14-33-24(27-21)28-7-9-32-10-8-28/h3-6,11-14,26H,7-10H2,1-2H3,(H,25,29). The van der Waals surface area contributed by atoms with Gasteiger partial charge in [0.15, 0.2) is 5.13 Å². The lowest BCUT2D eigenvalue weighted by molar-refractivity contribution is 0.102. The van der Waals surface area contributed by atoms with E-state index in [1.807, 2.05) is 30.3 Å². The first-order valence-corrected chi connectivity index (χ1v) is 11.5. The van der Waals surface area contributed by atoms with Crippen LogP contribution in [0.5, 0.6) is 11.5 Å². The SMILES string of the molecule is COc1cc(OC)c2cc(C(=O)Nc3ccc(-c4csc(N5CCOCC5)n4)cc3)[nH]c2c1. The molecule has 1 aliphatic heterocycles. The monoisotopic (exact) mass is 464 g/mol. The van der Waals surface area contributed by atoms with Gasteiger partial charge in [-0.2, -0.15) is 0 Å². The van der Waals surface area contributed by atoms with Crippen LogP contribution < -0.4 is 19.7 Å². The van der Waals surface area contributed by atoms with Gasteiger partial charge in [-0.25, -0.2) is 4.98 Å². The van der Waals surface area contributed by atoms with Gasteiger partial charge in [-0.1, -0.05) is 12.1 Å². The van der Waals surface area contributed by atoms with Gasteiger partial charge in [0.25, 0.3) is 5.91 Å². The molecule has 2 aromatic carbocycles. The number of rotatable bonds is 6. The third-order valence-corrected chi connectivity index (χ3v) is 6.49. The molecular weight excluding hydrogens is 440 g/mol. The Hall–Kier alpha value is -3.56. The molecule has 170 valence electrons. The van der Waals surface area contributed by atoms with Crippen molar-refractivity contribution in [1.82, 2.24) is 9.97 Å². The van der Waals surface area contributed by atoms with Gasteiger partial charge in [-0.3, -0.25) is 4.79 Å². The topological polar surface area (TPSA) is 88.7 Å². The average Bonchev–Trinajstić information content (AvgIpc) is 3.52. The van der Waals surface area contributed by atoms with Gasteiger partial charge in [0.05, 0.1) is 38.6 Å². The number of hydrogen-bond acceptors (Lipinski definition) is 7. The predicted octanol–water partition coefficient (Wildman–Crippen LogP) is 4.40. The molecule has 0 atom stereocenters. The summed E-state index contributed by atoms with van der Waals surface area (Å²) in [6.45, 7) is 3.20. The molecule has 1 fully saturated rings. The Labute approximate surface area is 195 Å². The van der Waals surface area contributed by atoms with Gasteiger partial charge >= 0.3 is 0 Å². The molecule has 0 radical (unpaired) electrons. The minimum absolute atomic E-state index is 0.233. The number of hydrogen-bond donors (Lipinski definition) is 2. The second-order valence-electron chi connectivity index (χ2n) is 7.62. The Bertz CT molecular complexity index is 1280. The van der Waals surface area contributed by atoms with E-state index in [4.69, 9.17) is 19.2 Å². The summed E-state index contributed by atoms with van der Waals surface area (Å²) in [6.07, 6.45) is 0. The lowest BCUT2D eigenvalue weighted by Crippen LogP contribution is -2.36. The van der Waals surface area contributed by atoms with Crippen molar-refractivity contribution in [3.8, 4) is 22.8 Å². The number of benzene rings is 2. The van der Waals surface area contributed by atoms with Crippen LogP contribution in [0.25, 0.3) is 22.2 Å². The summed E-state index contributed by atoms with van der Waals surface area (Å²) in [6, 6.07) is 13.1. The molecule has 0 saturated carbocycles. The zero-order valence-corrected chi connectivity index (χ0v) is 19.2. The van der Waals surface area contributed by atoms with Gasteiger partial charge in [0, 0.05) is 47.2 Å². The number of methoxy groups -OCH3 is 2. The highest BCUT2D eigenvalue weighted by molar-refractivity contribution is 7.14. The second-order valence-corrected chi connectivity index (χ2v) is 8.46. The van der Waals surface area contributed by atoms with Crippen LogP contribution in [0, 0.1) is 0 Å². The van der Waals surface area contributed by atoms with Gasteiger partial charge in [-0.15, -0.1) is 11.3 Å². The van der Waals surface area contributed by atoms with Crippen LogP contribution in [0.15, 0.2) is 47.8 Å². The Morgan fingerprint density at radius 1 is 1.12 bits per heavy atom. The number of aromatic nitrogens is 2. The van der Waals surface area contributed by atoms with Crippen LogP contribution in [0.1, 0.15) is 10.5 Å². The summed E-state index contributed by atoms with van der Waals surface area (Å²) >= 11 is 1.64. The number of fused-ring (bicyclic) bond motifs is 1. The number of thiazole rings is 1. The van der Waals surface area contributed by atoms with E-state index in [9.17, 15) is 4.79 Å². The highest BCUT2D eigenvalue weighted by Crippen LogP contribution is 2.32. The molecule has 0 aliphatic carbocycles. The fraction of sp³-hybridized carbons (Fsp3) is 0.250. The molecular formula is C24H24N4O4S.